The van der Waals surface area contributed by atoms with Crippen LogP contribution in [0, 0.1) is 6.92 Å². The van der Waals surface area contributed by atoms with E-state index in [9.17, 15) is 9.59 Å². The second-order valence-electron chi connectivity index (χ2n) is 9.88. The van der Waals surface area contributed by atoms with Gasteiger partial charge in [-0.05, 0) is 30.7 Å². The van der Waals surface area contributed by atoms with E-state index in [1.54, 1.807) is 24.3 Å². The van der Waals surface area contributed by atoms with E-state index in [4.69, 9.17) is 21.1 Å². The van der Waals surface area contributed by atoms with Crippen LogP contribution in [0.4, 0.5) is 23.0 Å². The van der Waals surface area contributed by atoms with Gasteiger partial charge in [0.1, 0.15) is 23.1 Å². The molecule has 1 aliphatic heterocycles. The van der Waals surface area contributed by atoms with Crippen molar-refractivity contribution in [3.05, 3.63) is 70.8 Å². The Kier molecular flexibility index (Phi) is 9.84. The molecule has 15 heteroatoms. The van der Waals surface area contributed by atoms with Crippen molar-refractivity contribution in [3.8, 4) is 11.7 Å². The lowest BCUT2D eigenvalue weighted by molar-refractivity contribution is 0.0398. The quantitative estimate of drug-likeness (QED) is 0.182. The number of morpholine rings is 1. The summed E-state index contributed by atoms with van der Waals surface area (Å²) in [5.74, 6) is 1.06. The highest BCUT2D eigenvalue weighted by Gasteiger charge is 2.18. The van der Waals surface area contributed by atoms with Gasteiger partial charge in [0, 0.05) is 68.4 Å². The minimum absolute atomic E-state index is 0.140. The Bertz CT molecular complexity index is 1640. The normalized spacial score (nSPS) is 13.3. The summed E-state index contributed by atoms with van der Waals surface area (Å²) in [5, 5.41) is 16.8. The number of hydrogen-bond acceptors (Lipinski definition) is 11. The maximum atomic E-state index is 13.0. The lowest BCUT2D eigenvalue weighted by Gasteiger charge is -2.26. The SMILES string of the molecule is CNC(=O)c1cc(Nc2cc(NC(=O)c3cc(Cl)nc(OC)c3)ccc2C)n(-c2cc(NCCN3CCOCC3)ncn2)n1. The van der Waals surface area contributed by atoms with Gasteiger partial charge in [-0.2, -0.15) is 9.78 Å². The predicted molar refractivity (Wildman–Crippen MR) is 167 cm³/mol. The molecule has 0 spiro atoms. The van der Waals surface area contributed by atoms with Crippen molar-refractivity contribution in [2.24, 2.45) is 0 Å². The van der Waals surface area contributed by atoms with E-state index in [1.165, 1.54) is 37.3 Å². The number of aryl methyl sites for hydroxylation is 1. The largest absolute Gasteiger partial charge is 0.481 e. The molecular formula is C29H33ClN10O4. The molecule has 4 N–H and O–H groups in total. The second kappa shape index (κ2) is 14.1. The minimum Gasteiger partial charge on any atom is -0.481 e. The summed E-state index contributed by atoms with van der Waals surface area (Å²) in [6, 6.07) is 11.8. The summed E-state index contributed by atoms with van der Waals surface area (Å²) in [6.07, 6.45) is 1.44. The average molecular weight is 621 g/mol. The minimum atomic E-state index is -0.385. The van der Waals surface area contributed by atoms with Crippen LogP contribution in [0.5, 0.6) is 5.88 Å². The van der Waals surface area contributed by atoms with Crippen molar-refractivity contribution < 1.29 is 19.1 Å². The molecule has 0 aliphatic carbocycles. The lowest BCUT2D eigenvalue weighted by Crippen LogP contribution is -2.39. The molecule has 1 fully saturated rings. The molecule has 5 rings (SSSR count). The Hall–Kier alpha value is -4.79. The first-order chi connectivity index (χ1) is 21.3. The van der Waals surface area contributed by atoms with Crippen LogP contribution in [-0.4, -0.2) is 95.0 Å². The Balaban J connectivity index is 1.37. The summed E-state index contributed by atoms with van der Waals surface area (Å²) in [6.45, 7) is 6.75. The van der Waals surface area contributed by atoms with Gasteiger partial charge in [-0.25, -0.2) is 15.0 Å². The van der Waals surface area contributed by atoms with Crippen LogP contribution in [-0.2, 0) is 4.74 Å². The maximum absolute atomic E-state index is 13.0. The summed E-state index contributed by atoms with van der Waals surface area (Å²) in [7, 11) is 2.99. The summed E-state index contributed by atoms with van der Waals surface area (Å²) in [4.78, 5) is 40.6. The molecule has 1 saturated heterocycles. The van der Waals surface area contributed by atoms with Crippen LogP contribution in [0.25, 0.3) is 5.82 Å². The number of ether oxygens (including phenoxy) is 2. The smallest absolute Gasteiger partial charge is 0.271 e. The number of hydrogen-bond donors (Lipinski definition) is 4. The van der Waals surface area contributed by atoms with E-state index in [-0.39, 0.29) is 28.5 Å². The number of halogens is 1. The molecule has 0 bridgehead atoms. The molecule has 0 atom stereocenters. The highest BCUT2D eigenvalue weighted by Crippen LogP contribution is 2.27. The Morgan fingerprint density at radius 3 is 2.66 bits per heavy atom. The number of aromatic nitrogens is 5. The molecule has 1 aliphatic rings. The van der Waals surface area contributed by atoms with Gasteiger partial charge < -0.3 is 30.7 Å². The molecule has 4 aromatic rings. The number of nitrogens with zero attached hydrogens (tertiary/aromatic N) is 6. The lowest BCUT2D eigenvalue weighted by atomic mass is 10.1. The number of pyridine rings is 1. The fraction of sp³-hybridized carbons (Fsp3) is 0.310. The number of anilines is 4. The van der Waals surface area contributed by atoms with Crippen LogP contribution in [0.3, 0.4) is 0 Å². The molecule has 3 aromatic heterocycles. The van der Waals surface area contributed by atoms with Gasteiger partial charge >= 0.3 is 0 Å². The third kappa shape index (κ3) is 7.58. The van der Waals surface area contributed by atoms with E-state index in [2.05, 4.69) is 46.2 Å². The number of carbonyl (C=O) groups is 2. The van der Waals surface area contributed by atoms with E-state index >= 15 is 0 Å². The van der Waals surface area contributed by atoms with Crippen molar-refractivity contribution in [2.45, 2.75) is 6.92 Å². The Labute approximate surface area is 259 Å². The van der Waals surface area contributed by atoms with Crippen LogP contribution < -0.4 is 26.0 Å². The number of nitrogens with one attached hydrogen (secondary N) is 4. The molecule has 4 heterocycles. The van der Waals surface area contributed by atoms with Crippen LogP contribution >= 0.6 is 11.6 Å². The first-order valence-electron chi connectivity index (χ1n) is 13.9. The number of carbonyl (C=O) groups excluding carboxylic acids is 2. The fourth-order valence-corrected chi connectivity index (χ4v) is 4.70. The van der Waals surface area contributed by atoms with Crippen molar-refractivity contribution in [2.75, 3.05) is 69.5 Å². The van der Waals surface area contributed by atoms with Gasteiger partial charge in [0.15, 0.2) is 11.5 Å². The summed E-state index contributed by atoms with van der Waals surface area (Å²) >= 11 is 6.04. The van der Waals surface area contributed by atoms with Crippen LogP contribution in [0.15, 0.2) is 48.8 Å². The standard InChI is InChI=1S/C29H33ClN10O4/c1-18-4-5-20(35-28(41)19-12-23(30)37-27(13-19)43-3)14-21(18)36-26-15-22(29(42)31-2)38-40(26)25-16-24(33-17-34-25)32-6-7-39-8-10-44-11-9-39/h4-5,12-17,36H,6-11H2,1-3H3,(H,31,42)(H,35,41)(H,32,33,34). The van der Waals surface area contributed by atoms with Crippen molar-refractivity contribution in [1.82, 2.24) is 34.9 Å². The van der Waals surface area contributed by atoms with Gasteiger partial charge in [-0.15, -0.1) is 0 Å². The number of benzene rings is 1. The Morgan fingerprint density at radius 1 is 1.07 bits per heavy atom. The Morgan fingerprint density at radius 2 is 1.89 bits per heavy atom. The topological polar surface area (TPSA) is 160 Å². The van der Waals surface area contributed by atoms with E-state index in [1.807, 2.05) is 13.0 Å². The average Bonchev–Trinajstić information content (AvgIpc) is 3.46. The molecule has 2 amide bonds. The van der Waals surface area contributed by atoms with E-state index in [0.29, 0.717) is 40.9 Å². The van der Waals surface area contributed by atoms with Crippen LogP contribution in [0.1, 0.15) is 26.4 Å². The van der Waals surface area contributed by atoms with Crippen molar-refractivity contribution >= 4 is 46.4 Å². The highest BCUT2D eigenvalue weighted by molar-refractivity contribution is 6.30. The molecule has 0 saturated carbocycles. The molecule has 14 nitrogen and oxygen atoms in total. The highest BCUT2D eigenvalue weighted by atomic mass is 35.5. The predicted octanol–water partition coefficient (Wildman–Crippen LogP) is 3.13. The van der Waals surface area contributed by atoms with Gasteiger partial charge in [-0.1, -0.05) is 17.7 Å². The molecule has 0 radical (unpaired) electrons. The monoisotopic (exact) mass is 620 g/mol. The third-order valence-corrected chi connectivity index (χ3v) is 7.07. The third-order valence-electron chi connectivity index (χ3n) is 6.88. The van der Waals surface area contributed by atoms with Gasteiger partial charge in [0.05, 0.1) is 20.3 Å². The van der Waals surface area contributed by atoms with Crippen molar-refractivity contribution in [1.29, 1.82) is 0 Å². The zero-order chi connectivity index (χ0) is 31.1. The fourth-order valence-electron chi connectivity index (χ4n) is 4.49. The first kappa shape index (κ1) is 30.7. The molecule has 44 heavy (non-hydrogen) atoms. The second-order valence-corrected chi connectivity index (χ2v) is 10.3. The zero-order valence-corrected chi connectivity index (χ0v) is 25.3. The van der Waals surface area contributed by atoms with E-state index < -0.39 is 0 Å². The zero-order valence-electron chi connectivity index (χ0n) is 24.6. The maximum Gasteiger partial charge on any atom is 0.271 e. The molecule has 0 unspecified atom stereocenters. The molecule has 230 valence electrons. The van der Waals surface area contributed by atoms with Gasteiger partial charge in [0.25, 0.3) is 11.8 Å². The number of amides is 2. The van der Waals surface area contributed by atoms with Crippen LogP contribution in [0.2, 0.25) is 5.15 Å². The van der Waals surface area contributed by atoms with E-state index in [0.717, 1.165) is 38.4 Å². The summed E-state index contributed by atoms with van der Waals surface area (Å²) in [5.41, 5.74) is 2.58. The number of methoxy groups -OCH3 is 1. The van der Waals surface area contributed by atoms with Gasteiger partial charge in [0.2, 0.25) is 5.88 Å². The van der Waals surface area contributed by atoms with Gasteiger partial charge in [-0.3, -0.25) is 14.5 Å². The van der Waals surface area contributed by atoms with Crippen molar-refractivity contribution in [3.63, 3.8) is 0 Å². The molecule has 1 aromatic carbocycles. The molecular weight excluding hydrogens is 588 g/mol. The number of rotatable bonds is 11. The summed E-state index contributed by atoms with van der Waals surface area (Å²) < 4.78 is 12.1. The first-order valence-corrected chi connectivity index (χ1v) is 14.3.